The van der Waals surface area contributed by atoms with Crippen LogP contribution in [0.2, 0.25) is 0 Å². The minimum atomic E-state index is -0.722. The summed E-state index contributed by atoms with van der Waals surface area (Å²) < 4.78 is 30.2. The Labute approximate surface area is 249 Å². The van der Waals surface area contributed by atoms with Gasteiger partial charge in [-0.15, -0.1) is 0 Å². The lowest BCUT2D eigenvalue weighted by Crippen LogP contribution is -2.51. The molecule has 1 aromatic carbocycles. The molecule has 3 heterocycles. The second-order valence-electron chi connectivity index (χ2n) is 12.0. The third-order valence-electron chi connectivity index (χ3n) is 9.15. The number of amides is 1. The fourth-order valence-corrected chi connectivity index (χ4v) is 6.68. The van der Waals surface area contributed by atoms with Crippen LogP contribution in [-0.2, 0) is 4.79 Å². The number of nitrogens with zero attached hydrogens (tertiary/aromatic N) is 6. The van der Waals surface area contributed by atoms with Crippen molar-refractivity contribution in [3.8, 4) is 0 Å². The second kappa shape index (κ2) is 13.1. The maximum Gasteiger partial charge on any atom is 0.225 e. The van der Waals surface area contributed by atoms with Crippen molar-refractivity contribution in [3.05, 3.63) is 36.0 Å². The number of benzene rings is 1. The summed E-state index contributed by atoms with van der Waals surface area (Å²) in [5.41, 5.74) is 1.26. The van der Waals surface area contributed by atoms with Gasteiger partial charge in [-0.3, -0.25) is 14.3 Å². The van der Waals surface area contributed by atoms with Gasteiger partial charge in [-0.2, -0.15) is 4.98 Å². The quantitative estimate of drug-likeness (QED) is 0.308. The third kappa shape index (κ3) is 6.73. The zero-order chi connectivity index (χ0) is 29.9. The Balaban J connectivity index is 1.22. The van der Waals surface area contributed by atoms with Gasteiger partial charge in [-0.25, -0.2) is 18.7 Å². The smallest absolute Gasteiger partial charge is 0.225 e. The number of hydrogen-bond acceptors (Lipinski definition) is 9. The van der Waals surface area contributed by atoms with Gasteiger partial charge < -0.3 is 25.7 Å². The van der Waals surface area contributed by atoms with Crippen LogP contribution in [0.25, 0.3) is 11.2 Å². The van der Waals surface area contributed by atoms with Crippen molar-refractivity contribution in [2.45, 2.75) is 69.6 Å². The van der Waals surface area contributed by atoms with Gasteiger partial charge in [0.25, 0.3) is 0 Å². The van der Waals surface area contributed by atoms with E-state index in [1.54, 1.807) is 6.20 Å². The van der Waals surface area contributed by atoms with Crippen molar-refractivity contribution in [3.63, 3.8) is 0 Å². The lowest BCUT2D eigenvalue weighted by molar-refractivity contribution is -0.138. The number of aromatic nitrogens is 4. The Bertz CT molecular complexity index is 1410. The Morgan fingerprint density at radius 3 is 2.42 bits per heavy atom. The first kappa shape index (κ1) is 29.6. The first-order valence-corrected chi connectivity index (χ1v) is 15.4. The molecule has 3 aromatic rings. The van der Waals surface area contributed by atoms with Crippen molar-refractivity contribution in [1.29, 1.82) is 0 Å². The minimum absolute atomic E-state index is 0.0333. The topological polar surface area (TPSA) is 132 Å². The van der Waals surface area contributed by atoms with E-state index in [1.807, 2.05) is 9.47 Å². The number of carbonyl (C=O) groups excluding carboxylic acids is 1. The number of aliphatic hydroxyl groups is 2. The first-order chi connectivity index (χ1) is 20.9. The summed E-state index contributed by atoms with van der Waals surface area (Å²) in [5.74, 6) is -0.391. The van der Waals surface area contributed by atoms with Crippen LogP contribution in [0.5, 0.6) is 0 Å². The zero-order valence-electron chi connectivity index (χ0n) is 24.3. The van der Waals surface area contributed by atoms with Crippen LogP contribution >= 0.6 is 0 Å². The van der Waals surface area contributed by atoms with Crippen molar-refractivity contribution < 1.29 is 23.8 Å². The predicted molar refractivity (Wildman–Crippen MR) is 158 cm³/mol. The van der Waals surface area contributed by atoms with Gasteiger partial charge in [-0.05, 0) is 63.5 Å². The van der Waals surface area contributed by atoms with Gasteiger partial charge in [0.15, 0.2) is 5.65 Å². The largest absolute Gasteiger partial charge is 0.395 e. The molecule has 43 heavy (non-hydrogen) atoms. The van der Waals surface area contributed by atoms with E-state index in [0.29, 0.717) is 55.5 Å². The van der Waals surface area contributed by atoms with E-state index in [0.717, 1.165) is 57.7 Å². The van der Waals surface area contributed by atoms with Crippen LogP contribution in [0.4, 0.5) is 26.4 Å². The monoisotopic (exact) mass is 598 g/mol. The minimum Gasteiger partial charge on any atom is -0.395 e. The normalized spacial score (nSPS) is 25.2. The number of hydrogen-bond donors (Lipinski definition) is 4. The van der Waals surface area contributed by atoms with E-state index < -0.39 is 11.6 Å². The predicted octanol–water partition coefficient (Wildman–Crippen LogP) is 3.43. The summed E-state index contributed by atoms with van der Waals surface area (Å²) in [6.45, 7) is 3.65. The molecule has 1 aliphatic heterocycles. The van der Waals surface area contributed by atoms with Crippen molar-refractivity contribution in [1.82, 2.24) is 29.3 Å². The molecule has 2 aliphatic carbocycles. The zero-order valence-corrected chi connectivity index (χ0v) is 24.3. The van der Waals surface area contributed by atoms with Gasteiger partial charge in [0, 0.05) is 56.8 Å². The summed E-state index contributed by atoms with van der Waals surface area (Å²) in [5, 5.41) is 25.5. The number of rotatable bonds is 8. The molecule has 1 amide bonds. The molecule has 13 heteroatoms. The lowest BCUT2D eigenvalue weighted by Gasteiger charge is -2.38. The summed E-state index contributed by atoms with van der Waals surface area (Å²) in [6.07, 6.45) is 7.37. The molecule has 4 N–H and O–H groups in total. The lowest BCUT2D eigenvalue weighted by atomic mass is 9.85. The molecule has 0 spiro atoms. The SMILES string of the molecule is O=C(C1CCC(n2c(Nc3ccc(F)cc3F)nc3cnc(NC4CCC(O)CC4)nc32)CC1)N1CCN(CCO)CC1. The molecule has 2 aromatic heterocycles. The van der Waals surface area contributed by atoms with Gasteiger partial charge in [-0.1, -0.05) is 0 Å². The fourth-order valence-electron chi connectivity index (χ4n) is 6.68. The number of halogens is 2. The van der Waals surface area contributed by atoms with Gasteiger partial charge in [0.05, 0.1) is 24.6 Å². The van der Waals surface area contributed by atoms with Crippen molar-refractivity contribution in [2.75, 3.05) is 50.0 Å². The summed E-state index contributed by atoms with van der Waals surface area (Å²) in [7, 11) is 0. The summed E-state index contributed by atoms with van der Waals surface area (Å²) in [6, 6.07) is 3.50. The van der Waals surface area contributed by atoms with E-state index in [9.17, 15) is 23.8 Å². The Morgan fingerprint density at radius 1 is 0.977 bits per heavy atom. The highest BCUT2D eigenvalue weighted by Crippen LogP contribution is 2.38. The van der Waals surface area contributed by atoms with Crippen molar-refractivity contribution >= 4 is 34.7 Å². The number of nitrogens with one attached hydrogen (secondary N) is 2. The number of imidazole rings is 1. The molecular weight excluding hydrogens is 558 g/mol. The third-order valence-corrected chi connectivity index (χ3v) is 9.15. The Kier molecular flexibility index (Phi) is 9.01. The van der Waals surface area contributed by atoms with E-state index in [1.165, 1.54) is 12.1 Å². The average Bonchev–Trinajstić information content (AvgIpc) is 3.37. The maximum atomic E-state index is 14.6. The molecule has 0 bridgehead atoms. The highest BCUT2D eigenvalue weighted by molar-refractivity contribution is 5.79. The number of carbonyl (C=O) groups is 1. The van der Waals surface area contributed by atoms with E-state index >= 15 is 0 Å². The summed E-state index contributed by atoms with van der Waals surface area (Å²) >= 11 is 0. The van der Waals surface area contributed by atoms with Crippen LogP contribution in [0.3, 0.4) is 0 Å². The van der Waals surface area contributed by atoms with Gasteiger partial charge in [0.1, 0.15) is 17.2 Å². The van der Waals surface area contributed by atoms with E-state index in [4.69, 9.17) is 9.97 Å². The number of piperazine rings is 1. The van der Waals surface area contributed by atoms with Gasteiger partial charge in [0.2, 0.25) is 17.8 Å². The van der Waals surface area contributed by atoms with Crippen LogP contribution in [0.1, 0.15) is 57.4 Å². The number of aliphatic hydroxyl groups excluding tert-OH is 2. The number of fused-ring (bicyclic) bond motifs is 1. The number of anilines is 3. The van der Waals surface area contributed by atoms with Crippen LogP contribution in [0, 0.1) is 17.6 Å². The molecule has 6 rings (SSSR count). The molecule has 0 unspecified atom stereocenters. The fraction of sp³-hybridized carbons (Fsp3) is 0.600. The molecule has 232 valence electrons. The van der Waals surface area contributed by atoms with Gasteiger partial charge >= 0.3 is 0 Å². The summed E-state index contributed by atoms with van der Waals surface area (Å²) in [4.78, 5) is 31.5. The van der Waals surface area contributed by atoms with Crippen molar-refractivity contribution in [2.24, 2.45) is 5.92 Å². The first-order valence-electron chi connectivity index (χ1n) is 15.4. The highest BCUT2D eigenvalue weighted by Gasteiger charge is 2.33. The van der Waals surface area contributed by atoms with Crippen LogP contribution in [0.15, 0.2) is 24.4 Å². The Hall–Kier alpha value is -3.42. The molecule has 3 fully saturated rings. The molecule has 0 radical (unpaired) electrons. The van der Waals surface area contributed by atoms with E-state index in [2.05, 4.69) is 20.5 Å². The number of β-amino-alcohol motifs (C(OH)–C–C–N with tert-alkyl or cyclic N) is 1. The molecule has 2 saturated carbocycles. The van der Waals surface area contributed by atoms with Crippen LogP contribution in [-0.4, -0.2) is 96.9 Å². The maximum absolute atomic E-state index is 14.6. The molecule has 0 atom stereocenters. The Morgan fingerprint density at radius 2 is 1.72 bits per heavy atom. The van der Waals surface area contributed by atoms with Crippen LogP contribution < -0.4 is 10.6 Å². The molecule has 11 nitrogen and oxygen atoms in total. The molecule has 3 aliphatic rings. The van der Waals surface area contributed by atoms with E-state index in [-0.39, 0.29) is 42.3 Å². The average molecular weight is 599 g/mol. The molecule has 1 saturated heterocycles. The standard InChI is InChI=1S/C30H40F2N8O3/c31-20-3-10-25(24(32)17-20)35-30-36-26-18-33-29(34-21-4-8-23(42)9-5-21)37-27(26)40(30)22-6-1-19(2-7-22)28(43)39-13-11-38(12-14-39)15-16-41/h3,10,17-19,21-23,41-42H,1-2,4-9,11-16H2,(H,35,36)(H,33,34,37). The highest BCUT2D eigenvalue weighted by atomic mass is 19.1. The second-order valence-corrected chi connectivity index (χ2v) is 12.0. The molecular formula is C30H40F2N8O3.